The molecule has 0 radical (unpaired) electrons. The van der Waals surface area contributed by atoms with Crippen LogP contribution in [-0.4, -0.2) is 54.5 Å². The summed E-state index contributed by atoms with van der Waals surface area (Å²) in [4.78, 5) is 17.3. The van der Waals surface area contributed by atoms with E-state index >= 15 is 0 Å². The summed E-state index contributed by atoms with van der Waals surface area (Å²) in [7, 11) is 2.25. The summed E-state index contributed by atoms with van der Waals surface area (Å²) in [5, 5.41) is 0. The van der Waals surface area contributed by atoms with Crippen molar-refractivity contribution in [3.63, 3.8) is 0 Å². The first-order valence-electron chi connectivity index (χ1n) is 8.88. The lowest BCUT2D eigenvalue weighted by atomic mass is 9.81. The number of rotatable bonds is 2. The second-order valence-corrected chi connectivity index (χ2v) is 7.49. The first-order valence-corrected chi connectivity index (χ1v) is 8.88. The van der Waals surface area contributed by atoms with Gasteiger partial charge in [-0.3, -0.25) is 4.79 Å². The Morgan fingerprint density at radius 2 is 1.86 bits per heavy atom. The molecule has 3 fully saturated rings. The molecule has 4 atom stereocenters. The van der Waals surface area contributed by atoms with Gasteiger partial charge in [-0.05, 0) is 57.5 Å². The van der Waals surface area contributed by atoms with E-state index in [0.717, 1.165) is 32.4 Å². The SMILES string of the molecule is CN1CCCC2CN(C(=O)CC3CCCCC3N)CCC21.Cl. The van der Waals surface area contributed by atoms with Gasteiger partial charge < -0.3 is 15.5 Å². The third-order valence-electron chi connectivity index (χ3n) is 6.10. The van der Waals surface area contributed by atoms with E-state index in [4.69, 9.17) is 5.73 Å². The molecule has 2 N–H and O–H groups in total. The predicted octanol–water partition coefficient (Wildman–Crippen LogP) is 2.26. The van der Waals surface area contributed by atoms with Crippen molar-refractivity contribution < 1.29 is 4.79 Å². The Balaban J connectivity index is 0.00000176. The number of piperidine rings is 2. The van der Waals surface area contributed by atoms with Gasteiger partial charge in [-0.15, -0.1) is 12.4 Å². The molecule has 0 aromatic carbocycles. The van der Waals surface area contributed by atoms with Crippen LogP contribution in [0, 0.1) is 11.8 Å². The molecule has 1 aliphatic carbocycles. The fourth-order valence-corrected chi connectivity index (χ4v) is 4.72. The third-order valence-corrected chi connectivity index (χ3v) is 6.10. The minimum absolute atomic E-state index is 0. The van der Waals surface area contributed by atoms with E-state index in [1.807, 2.05) is 0 Å². The Bertz CT molecular complexity index is 379. The van der Waals surface area contributed by atoms with Gasteiger partial charge >= 0.3 is 0 Å². The van der Waals surface area contributed by atoms with Crippen molar-refractivity contribution in [3.8, 4) is 0 Å². The maximum absolute atomic E-state index is 12.6. The first kappa shape index (κ1) is 18.0. The molecule has 0 aromatic rings. The number of nitrogens with two attached hydrogens (primary N) is 1. The van der Waals surface area contributed by atoms with Crippen LogP contribution in [0.1, 0.15) is 51.4 Å². The molecular weight excluding hydrogens is 298 g/mol. The van der Waals surface area contributed by atoms with Crippen LogP contribution in [0.25, 0.3) is 0 Å². The monoisotopic (exact) mass is 329 g/mol. The number of hydrogen-bond acceptors (Lipinski definition) is 3. The lowest BCUT2D eigenvalue weighted by molar-refractivity contribution is -0.136. The summed E-state index contributed by atoms with van der Waals surface area (Å²) < 4.78 is 0. The normalized spacial score (nSPS) is 36.4. The average Bonchev–Trinajstić information content (AvgIpc) is 2.49. The number of halogens is 1. The molecule has 3 rings (SSSR count). The number of carbonyl (C=O) groups excluding carboxylic acids is 1. The molecule has 0 bridgehead atoms. The van der Waals surface area contributed by atoms with Crippen molar-refractivity contribution in [2.45, 2.75) is 63.5 Å². The summed E-state index contributed by atoms with van der Waals surface area (Å²) in [5.41, 5.74) is 6.20. The van der Waals surface area contributed by atoms with Crippen LogP contribution in [0.3, 0.4) is 0 Å². The van der Waals surface area contributed by atoms with Gasteiger partial charge in [0, 0.05) is 31.6 Å². The van der Waals surface area contributed by atoms with Crippen molar-refractivity contribution in [1.82, 2.24) is 9.80 Å². The van der Waals surface area contributed by atoms with Gasteiger partial charge in [-0.25, -0.2) is 0 Å². The molecule has 1 amide bonds. The van der Waals surface area contributed by atoms with E-state index in [1.165, 1.54) is 32.2 Å². The van der Waals surface area contributed by atoms with Crippen molar-refractivity contribution >= 4 is 18.3 Å². The maximum Gasteiger partial charge on any atom is 0.222 e. The minimum atomic E-state index is 0. The van der Waals surface area contributed by atoms with Crippen LogP contribution in [0.4, 0.5) is 0 Å². The molecule has 2 heterocycles. The van der Waals surface area contributed by atoms with Crippen LogP contribution in [0.15, 0.2) is 0 Å². The summed E-state index contributed by atoms with van der Waals surface area (Å²) in [5.74, 6) is 1.49. The quantitative estimate of drug-likeness (QED) is 0.845. The standard InChI is InChI=1S/C17H31N3O.ClH/c1-19-9-4-6-14-12-20(10-8-16(14)19)17(21)11-13-5-2-3-7-15(13)18;/h13-16H,2-12,18H2,1H3;1H. The molecule has 2 aliphatic heterocycles. The van der Waals surface area contributed by atoms with Crippen molar-refractivity contribution in [2.75, 3.05) is 26.7 Å². The topological polar surface area (TPSA) is 49.6 Å². The van der Waals surface area contributed by atoms with Gasteiger partial charge in [0.15, 0.2) is 0 Å². The third kappa shape index (κ3) is 3.95. The van der Waals surface area contributed by atoms with E-state index < -0.39 is 0 Å². The second kappa shape index (κ2) is 7.98. The maximum atomic E-state index is 12.6. The zero-order chi connectivity index (χ0) is 14.8. The number of nitrogens with zero attached hydrogens (tertiary/aromatic N) is 2. The summed E-state index contributed by atoms with van der Waals surface area (Å²) in [6.07, 6.45) is 9.17. The van der Waals surface area contributed by atoms with Crippen LogP contribution >= 0.6 is 12.4 Å². The number of hydrogen-bond donors (Lipinski definition) is 1. The Labute approximate surface area is 141 Å². The summed E-state index contributed by atoms with van der Waals surface area (Å²) >= 11 is 0. The van der Waals surface area contributed by atoms with Gasteiger partial charge in [0.25, 0.3) is 0 Å². The Morgan fingerprint density at radius 1 is 1.09 bits per heavy atom. The fourth-order valence-electron chi connectivity index (χ4n) is 4.72. The van der Waals surface area contributed by atoms with Crippen molar-refractivity contribution in [1.29, 1.82) is 0 Å². The van der Waals surface area contributed by atoms with Gasteiger partial charge in [-0.2, -0.15) is 0 Å². The number of carbonyl (C=O) groups is 1. The number of amides is 1. The summed E-state index contributed by atoms with van der Waals surface area (Å²) in [6.45, 7) is 3.16. The largest absolute Gasteiger partial charge is 0.342 e. The molecule has 1 saturated carbocycles. The highest BCUT2D eigenvalue weighted by Crippen LogP contribution is 2.31. The van der Waals surface area contributed by atoms with Crippen molar-refractivity contribution in [2.24, 2.45) is 17.6 Å². The zero-order valence-corrected chi connectivity index (χ0v) is 14.7. The molecular formula is C17H32ClN3O. The van der Waals surface area contributed by atoms with Gasteiger partial charge in [0.1, 0.15) is 0 Å². The molecule has 22 heavy (non-hydrogen) atoms. The van der Waals surface area contributed by atoms with Gasteiger partial charge in [0.2, 0.25) is 5.91 Å². The van der Waals surface area contributed by atoms with Gasteiger partial charge in [0.05, 0.1) is 0 Å². The highest BCUT2D eigenvalue weighted by atomic mass is 35.5. The van der Waals surface area contributed by atoms with Crippen LogP contribution < -0.4 is 5.73 Å². The molecule has 2 saturated heterocycles. The zero-order valence-electron chi connectivity index (χ0n) is 13.9. The molecule has 0 aromatic heterocycles. The molecule has 5 heteroatoms. The smallest absolute Gasteiger partial charge is 0.222 e. The lowest BCUT2D eigenvalue weighted by Gasteiger charge is -2.46. The fraction of sp³-hybridized carbons (Fsp3) is 0.941. The number of likely N-dealkylation sites (tertiary alicyclic amines) is 2. The van der Waals surface area contributed by atoms with E-state index in [1.54, 1.807) is 0 Å². The van der Waals surface area contributed by atoms with Crippen LogP contribution in [0.2, 0.25) is 0 Å². The van der Waals surface area contributed by atoms with E-state index in [0.29, 0.717) is 30.2 Å². The molecule has 4 nitrogen and oxygen atoms in total. The highest BCUT2D eigenvalue weighted by Gasteiger charge is 2.36. The van der Waals surface area contributed by atoms with E-state index in [9.17, 15) is 4.79 Å². The molecule has 0 spiro atoms. The number of fused-ring (bicyclic) bond motifs is 1. The van der Waals surface area contributed by atoms with Crippen LogP contribution in [-0.2, 0) is 4.79 Å². The highest BCUT2D eigenvalue weighted by molar-refractivity contribution is 5.85. The summed E-state index contributed by atoms with van der Waals surface area (Å²) in [6, 6.07) is 0.959. The van der Waals surface area contributed by atoms with E-state index in [-0.39, 0.29) is 18.4 Å². The second-order valence-electron chi connectivity index (χ2n) is 7.49. The molecule has 128 valence electrons. The lowest BCUT2D eigenvalue weighted by Crippen LogP contribution is -2.54. The Kier molecular flexibility index (Phi) is 6.54. The Hall–Kier alpha value is -0.320. The first-order chi connectivity index (χ1) is 10.1. The minimum Gasteiger partial charge on any atom is -0.342 e. The Morgan fingerprint density at radius 3 is 2.64 bits per heavy atom. The van der Waals surface area contributed by atoms with Crippen LogP contribution in [0.5, 0.6) is 0 Å². The predicted molar refractivity (Wildman–Crippen MR) is 92.1 cm³/mol. The van der Waals surface area contributed by atoms with Crippen molar-refractivity contribution in [3.05, 3.63) is 0 Å². The molecule has 4 unspecified atom stereocenters. The van der Waals surface area contributed by atoms with E-state index in [2.05, 4.69) is 16.8 Å². The average molecular weight is 330 g/mol. The van der Waals surface area contributed by atoms with Gasteiger partial charge in [-0.1, -0.05) is 12.8 Å². The molecule has 3 aliphatic rings.